The fourth-order valence-corrected chi connectivity index (χ4v) is 4.14. The molecule has 4 N–H and O–H groups in total. The molecule has 4 aromatic rings. The van der Waals surface area contributed by atoms with Crippen molar-refractivity contribution in [3.05, 3.63) is 60.6 Å². The SMILES string of the molecule is C=C/C(N)=C\C(=C/C)c1ccc2[nH]nc(-c3nc4c(N5CCCCC5)nccc4[nH]3)c2n1. The van der Waals surface area contributed by atoms with Crippen LogP contribution in [0.15, 0.2) is 54.9 Å². The van der Waals surface area contributed by atoms with Crippen LogP contribution in [0.3, 0.4) is 0 Å². The first-order chi connectivity index (χ1) is 15.7. The Bertz CT molecular complexity index is 1350. The summed E-state index contributed by atoms with van der Waals surface area (Å²) >= 11 is 0. The van der Waals surface area contributed by atoms with Gasteiger partial charge in [-0.25, -0.2) is 15.0 Å². The molecule has 1 aliphatic rings. The Balaban J connectivity index is 1.59. The van der Waals surface area contributed by atoms with Gasteiger partial charge in [-0.1, -0.05) is 12.7 Å². The van der Waals surface area contributed by atoms with Crippen molar-refractivity contribution < 1.29 is 0 Å². The lowest BCUT2D eigenvalue weighted by atomic mass is 10.1. The number of pyridine rings is 2. The first-order valence-electron chi connectivity index (χ1n) is 10.9. The molecule has 1 saturated heterocycles. The number of aromatic amines is 2. The summed E-state index contributed by atoms with van der Waals surface area (Å²) in [6.45, 7) is 7.70. The first-order valence-corrected chi connectivity index (χ1v) is 10.9. The van der Waals surface area contributed by atoms with Crippen LogP contribution in [0, 0.1) is 0 Å². The Morgan fingerprint density at radius 3 is 2.72 bits per heavy atom. The van der Waals surface area contributed by atoms with E-state index < -0.39 is 0 Å². The zero-order valence-electron chi connectivity index (χ0n) is 18.1. The summed E-state index contributed by atoms with van der Waals surface area (Å²) in [5.41, 5.74) is 12.3. The monoisotopic (exact) mass is 426 g/mol. The average Bonchev–Trinajstić information content (AvgIpc) is 3.46. The molecule has 0 atom stereocenters. The van der Waals surface area contributed by atoms with Crippen LogP contribution >= 0.6 is 0 Å². The molecule has 162 valence electrons. The van der Waals surface area contributed by atoms with Gasteiger partial charge in [-0.15, -0.1) is 0 Å². The van der Waals surface area contributed by atoms with Crippen LogP contribution in [0.5, 0.6) is 0 Å². The van der Waals surface area contributed by atoms with Crippen molar-refractivity contribution in [3.8, 4) is 11.5 Å². The van der Waals surface area contributed by atoms with Gasteiger partial charge in [0.15, 0.2) is 17.3 Å². The van der Waals surface area contributed by atoms with Gasteiger partial charge in [0, 0.05) is 25.0 Å². The second kappa shape index (κ2) is 8.30. The maximum Gasteiger partial charge on any atom is 0.161 e. The Morgan fingerprint density at radius 1 is 1.09 bits per heavy atom. The van der Waals surface area contributed by atoms with Gasteiger partial charge in [0.2, 0.25) is 0 Å². The number of anilines is 1. The van der Waals surface area contributed by atoms with Crippen molar-refractivity contribution in [3.63, 3.8) is 0 Å². The molecule has 0 amide bonds. The number of rotatable bonds is 5. The van der Waals surface area contributed by atoms with Crippen LogP contribution in [0.4, 0.5) is 5.82 Å². The lowest BCUT2D eigenvalue weighted by molar-refractivity contribution is 0.574. The molecule has 0 aliphatic carbocycles. The maximum absolute atomic E-state index is 5.95. The van der Waals surface area contributed by atoms with E-state index in [4.69, 9.17) is 15.7 Å². The normalized spacial score (nSPS) is 15.6. The molecule has 0 saturated carbocycles. The molecule has 1 fully saturated rings. The van der Waals surface area contributed by atoms with Crippen LogP contribution in [-0.2, 0) is 0 Å². The molecule has 0 radical (unpaired) electrons. The number of imidazole rings is 1. The lowest BCUT2D eigenvalue weighted by Crippen LogP contribution is -2.30. The van der Waals surface area contributed by atoms with Crippen molar-refractivity contribution in [2.45, 2.75) is 26.2 Å². The van der Waals surface area contributed by atoms with E-state index in [2.05, 4.69) is 31.6 Å². The number of piperidine rings is 1. The number of hydrogen-bond donors (Lipinski definition) is 3. The van der Waals surface area contributed by atoms with Gasteiger partial charge in [-0.3, -0.25) is 5.10 Å². The molecule has 4 aromatic heterocycles. The Hall–Kier alpha value is -3.94. The van der Waals surface area contributed by atoms with Crippen LogP contribution in [0.1, 0.15) is 31.9 Å². The topological polar surface area (TPSA) is 112 Å². The van der Waals surface area contributed by atoms with Gasteiger partial charge in [-0.05, 0) is 62.1 Å². The van der Waals surface area contributed by atoms with E-state index >= 15 is 0 Å². The van der Waals surface area contributed by atoms with E-state index in [0.717, 1.165) is 52.2 Å². The number of fused-ring (bicyclic) bond motifs is 2. The van der Waals surface area contributed by atoms with Crippen LogP contribution < -0.4 is 10.6 Å². The highest BCUT2D eigenvalue weighted by Crippen LogP contribution is 2.30. The summed E-state index contributed by atoms with van der Waals surface area (Å²) in [6, 6.07) is 5.87. The second-order valence-electron chi connectivity index (χ2n) is 7.92. The summed E-state index contributed by atoms with van der Waals surface area (Å²) in [5.74, 6) is 1.60. The van der Waals surface area contributed by atoms with E-state index in [1.165, 1.54) is 19.3 Å². The Morgan fingerprint density at radius 2 is 1.94 bits per heavy atom. The Kier molecular flexibility index (Phi) is 5.18. The third kappa shape index (κ3) is 3.53. The zero-order valence-corrected chi connectivity index (χ0v) is 18.1. The predicted octanol–water partition coefficient (Wildman–Crippen LogP) is 4.32. The van der Waals surface area contributed by atoms with Crippen LogP contribution in [0.2, 0.25) is 0 Å². The van der Waals surface area contributed by atoms with E-state index in [0.29, 0.717) is 17.2 Å². The number of H-pyrrole nitrogens is 2. The minimum absolute atomic E-state index is 0.586. The number of nitrogens with two attached hydrogens (primary N) is 1. The minimum atomic E-state index is 0.586. The molecule has 5 rings (SSSR count). The second-order valence-corrected chi connectivity index (χ2v) is 7.92. The van der Waals surface area contributed by atoms with Crippen molar-refractivity contribution in [1.82, 2.24) is 30.1 Å². The molecule has 32 heavy (non-hydrogen) atoms. The molecule has 8 nitrogen and oxygen atoms in total. The van der Waals surface area contributed by atoms with Crippen LogP contribution in [-0.4, -0.2) is 43.2 Å². The van der Waals surface area contributed by atoms with Crippen molar-refractivity contribution in [1.29, 1.82) is 0 Å². The summed E-state index contributed by atoms with van der Waals surface area (Å²) < 4.78 is 0. The van der Waals surface area contributed by atoms with Crippen molar-refractivity contribution >= 4 is 33.5 Å². The van der Waals surface area contributed by atoms with Gasteiger partial charge in [-0.2, -0.15) is 5.10 Å². The highest BCUT2D eigenvalue weighted by molar-refractivity contribution is 5.94. The summed E-state index contributed by atoms with van der Waals surface area (Å²) in [5, 5.41) is 7.59. The van der Waals surface area contributed by atoms with E-state index in [1.54, 1.807) is 6.08 Å². The smallest absolute Gasteiger partial charge is 0.161 e. The number of allylic oxidation sites excluding steroid dienone is 4. The molecule has 1 aliphatic heterocycles. The number of nitrogens with zero attached hydrogens (tertiary/aromatic N) is 5. The third-order valence-corrected chi connectivity index (χ3v) is 5.83. The average molecular weight is 427 g/mol. The molecule has 5 heterocycles. The number of nitrogens with one attached hydrogen (secondary N) is 2. The molecular weight excluding hydrogens is 400 g/mol. The zero-order chi connectivity index (χ0) is 22.1. The summed E-state index contributed by atoms with van der Waals surface area (Å²) in [4.78, 5) is 20.1. The van der Waals surface area contributed by atoms with Gasteiger partial charge in [0.05, 0.1) is 16.7 Å². The fraction of sp³-hybridized carbons (Fsp3) is 0.250. The van der Waals surface area contributed by atoms with E-state index in [-0.39, 0.29) is 0 Å². The number of hydrogen-bond acceptors (Lipinski definition) is 6. The van der Waals surface area contributed by atoms with Crippen LogP contribution in [0.25, 0.3) is 39.2 Å². The lowest BCUT2D eigenvalue weighted by Gasteiger charge is -2.27. The summed E-state index contributed by atoms with van der Waals surface area (Å²) in [7, 11) is 0. The maximum atomic E-state index is 5.95. The van der Waals surface area contributed by atoms with E-state index in [1.807, 2.05) is 43.5 Å². The standard InChI is InChI=1S/C24H26N8/c1-3-15(14-16(25)4-2)17-8-9-19-20(27-17)22(31-30-19)23-28-18-10-11-26-24(21(18)29-23)32-12-6-5-7-13-32/h3-4,8-11,14H,2,5-7,12-13,25H2,1H3,(H,28,29)(H,30,31)/b15-3+,16-14+. The molecule has 0 spiro atoms. The molecule has 8 heteroatoms. The minimum Gasteiger partial charge on any atom is -0.399 e. The number of aromatic nitrogens is 6. The quantitative estimate of drug-likeness (QED) is 0.410. The van der Waals surface area contributed by atoms with Gasteiger partial charge >= 0.3 is 0 Å². The predicted molar refractivity (Wildman–Crippen MR) is 129 cm³/mol. The fourth-order valence-electron chi connectivity index (χ4n) is 4.14. The van der Waals surface area contributed by atoms with Gasteiger partial charge in [0.25, 0.3) is 0 Å². The Labute approximate surface area is 186 Å². The molecule has 0 bridgehead atoms. The molecule has 0 aromatic carbocycles. The largest absolute Gasteiger partial charge is 0.399 e. The van der Waals surface area contributed by atoms with Crippen molar-refractivity contribution in [2.75, 3.05) is 18.0 Å². The van der Waals surface area contributed by atoms with Gasteiger partial charge < -0.3 is 15.6 Å². The highest BCUT2D eigenvalue weighted by atomic mass is 15.2. The molecular formula is C24H26N8. The third-order valence-electron chi connectivity index (χ3n) is 5.83. The highest BCUT2D eigenvalue weighted by Gasteiger charge is 2.20. The van der Waals surface area contributed by atoms with Gasteiger partial charge in [0.1, 0.15) is 11.0 Å². The van der Waals surface area contributed by atoms with E-state index in [9.17, 15) is 0 Å². The first kappa shape index (κ1) is 20.0. The summed E-state index contributed by atoms with van der Waals surface area (Å²) in [6.07, 6.45) is 10.9. The van der Waals surface area contributed by atoms with Crippen molar-refractivity contribution in [2.24, 2.45) is 5.73 Å². The molecule has 0 unspecified atom stereocenters.